The Bertz CT molecular complexity index is 2170. The third-order valence-corrected chi connectivity index (χ3v) is 16.6. The smallest absolute Gasteiger partial charge is 0.224 e. The highest BCUT2D eigenvalue weighted by molar-refractivity contribution is 8.00. The first-order valence-electron chi connectivity index (χ1n) is 36.9. The van der Waals surface area contributed by atoms with Gasteiger partial charge in [-0.25, -0.2) is 0 Å². The van der Waals surface area contributed by atoms with Crippen molar-refractivity contribution in [2.24, 2.45) is 58.7 Å². The molecule has 0 heterocycles. The van der Waals surface area contributed by atoms with Crippen molar-refractivity contribution in [2.45, 2.75) is 306 Å². The van der Waals surface area contributed by atoms with Crippen LogP contribution in [-0.2, 0) is 40.1 Å². The molecule has 0 spiro atoms. The number of aliphatic hydroxyl groups excluding tert-OH is 1. The van der Waals surface area contributed by atoms with E-state index in [1.807, 2.05) is 178 Å². The minimum Gasteiger partial charge on any atom is -0.394 e. The van der Waals surface area contributed by atoms with Crippen molar-refractivity contribution in [3.8, 4) is 0 Å². The Balaban J connectivity index is -0.000000256. The minimum absolute atomic E-state index is 0.0283. The SMILES string of the molecule is CC(C)CCC(=O)CNC(C)C.CC(C)C[C@H](CC(=O)[C@H](CO)NC(C)C)C(=O)C(C)C.CC(C)C[C@H](NC(C)C)C(=O)CC(C)(C)C(=O)C(C)C.CC(C)NCc1ccc(C(=O)C(C)C)cc1.CC(C)SCCN(C)C(=O)C(C)C.CC(C)SCCNC(=O)C(C)C.CCNC. The van der Waals surface area contributed by atoms with Crippen LogP contribution in [0.2, 0.25) is 0 Å². The lowest BCUT2D eigenvalue weighted by atomic mass is 9.77. The summed E-state index contributed by atoms with van der Waals surface area (Å²) in [5.74, 6) is 4.82. The molecule has 18 heteroatoms. The van der Waals surface area contributed by atoms with E-state index in [9.17, 15) is 43.5 Å². The van der Waals surface area contributed by atoms with E-state index in [0.717, 1.165) is 68.9 Å². The Kier molecular flexibility index (Phi) is 66.1. The third-order valence-electron chi connectivity index (χ3n) is 14.4. The molecule has 0 saturated carbocycles. The summed E-state index contributed by atoms with van der Waals surface area (Å²) in [5.41, 5.74) is 1.45. The van der Waals surface area contributed by atoms with E-state index < -0.39 is 11.5 Å². The Labute approximate surface area is 605 Å². The molecule has 0 aliphatic carbocycles. The predicted molar refractivity (Wildman–Crippen MR) is 421 cm³/mol. The molecule has 0 unspecified atom stereocenters. The number of hydrogen-bond acceptors (Lipinski definition) is 16. The van der Waals surface area contributed by atoms with Gasteiger partial charge in [0.05, 0.1) is 25.2 Å². The molecule has 3 atom stereocenters. The van der Waals surface area contributed by atoms with Crippen molar-refractivity contribution < 1.29 is 43.5 Å². The Morgan fingerprint density at radius 2 is 1.03 bits per heavy atom. The van der Waals surface area contributed by atoms with Gasteiger partial charge >= 0.3 is 0 Å². The van der Waals surface area contributed by atoms with Gasteiger partial charge in [0.2, 0.25) is 11.8 Å². The van der Waals surface area contributed by atoms with Crippen molar-refractivity contribution in [1.82, 2.24) is 36.8 Å². The monoisotopic (exact) mass is 1410 g/mol. The summed E-state index contributed by atoms with van der Waals surface area (Å²) in [5, 5.41) is 29.3. The summed E-state index contributed by atoms with van der Waals surface area (Å²) in [4.78, 5) is 96.4. The highest BCUT2D eigenvalue weighted by atomic mass is 32.2. The first-order valence-corrected chi connectivity index (χ1v) is 39.0. The number of carbonyl (C=O) groups excluding carboxylic acids is 8. The van der Waals surface area contributed by atoms with Crippen molar-refractivity contribution >= 4 is 70.0 Å². The van der Waals surface area contributed by atoms with Gasteiger partial charge < -0.3 is 41.9 Å². The van der Waals surface area contributed by atoms with Crippen LogP contribution in [0.5, 0.6) is 0 Å². The number of rotatable bonds is 41. The lowest BCUT2D eigenvalue weighted by Gasteiger charge is -2.28. The standard InChI is InChI=1S/C17H33NO2.C16H31NO3.C14H21NO.C10H21NOS.C10H21NO.C9H19NOS.C3H9N/c1-11(2)9-14(18-13(5)6)15(19)10-17(7,8)16(20)12(3)4;1-10(2)7-13(16(20)11(3)4)8-15(19)14(9-18)17-12(5)6;1-10(2)14(16)13-7-5-12(6-8-13)9-15-11(3)4;1-8(2)10(12)11(5)6-7-13-9(3)4;1-8(2)5-6-10(12)7-11-9(3)4;1-7(2)9(11)10-5-6-12-8(3)4;1-3-4-2/h11-14,18H,9-10H2,1-8H3;10-14,17-18H,7-9H2,1-6H3;5-8,10-11,15H,9H2,1-4H3;8-9H,6-7H2,1-5H3;8-9,11H,5-7H2,1-4H3;7-8H,5-6H2,1-4H3,(H,10,11);4H,3H2,1-2H3/t14-;13-,14+;;;;;/m01...../s1. The van der Waals surface area contributed by atoms with E-state index in [4.69, 9.17) is 0 Å². The van der Waals surface area contributed by atoms with Crippen molar-refractivity contribution in [3.63, 3.8) is 0 Å². The zero-order valence-electron chi connectivity index (χ0n) is 68.5. The normalized spacial score (nSPS) is 12.3. The summed E-state index contributed by atoms with van der Waals surface area (Å²) in [6.07, 6.45) is 3.82. The fourth-order valence-corrected chi connectivity index (χ4v) is 10.5. The average molecular weight is 1410 g/mol. The average Bonchev–Trinajstić information content (AvgIpc) is 0.947. The molecule has 0 radical (unpaired) electrons. The van der Waals surface area contributed by atoms with Crippen LogP contribution in [0.3, 0.4) is 0 Å². The van der Waals surface area contributed by atoms with Gasteiger partial charge in [0, 0.05) is 128 Å². The maximum absolute atomic E-state index is 12.5. The fourth-order valence-electron chi connectivity index (χ4n) is 8.92. The predicted octanol–water partition coefficient (Wildman–Crippen LogP) is 15.2. The molecule has 0 aliphatic heterocycles. The third kappa shape index (κ3) is 64.5. The van der Waals surface area contributed by atoms with Gasteiger partial charge in [0.25, 0.3) is 0 Å². The van der Waals surface area contributed by atoms with Crippen LogP contribution in [0.4, 0.5) is 0 Å². The van der Waals surface area contributed by atoms with Gasteiger partial charge in [-0.2, -0.15) is 23.5 Å². The summed E-state index contributed by atoms with van der Waals surface area (Å²) in [6.45, 7) is 66.4. The number of nitrogens with one attached hydrogen (secondary N) is 6. The Morgan fingerprint density at radius 1 is 0.557 bits per heavy atom. The molecule has 0 aromatic heterocycles. The molecule has 572 valence electrons. The Hall–Kier alpha value is -3.36. The van der Waals surface area contributed by atoms with Gasteiger partial charge in [-0.15, -0.1) is 0 Å². The van der Waals surface area contributed by atoms with E-state index in [2.05, 4.69) is 136 Å². The second kappa shape index (κ2) is 61.3. The molecule has 0 saturated heterocycles. The van der Waals surface area contributed by atoms with Gasteiger partial charge in [-0.1, -0.05) is 239 Å². The lowest BCUT2D eigenvalue weighted by Crippen LogP contribution is -2.44. The second-order valence-corrected chi connectivity index (χ2v) is 34.2. The maximum Gasteiger partial charge on any atom is 0.224 e. The second-order valence-electron chi connectivity index (χ2n) is 30.8. The molecule has 7 N–H and O–H groups in total. The van der Waals surface area contributed by atoms with E-state index in [0.29, 0.717) is 59.1 Å². The van der Waals surface area contributed by atoms with Crippen LogP contribution in [0.25, 0.3) is 0 Å². The molecule has 97 heavy (non-hydrogen) atoms. The maximum atomic E-state index is 12.5. The Morgan fingerprint density at radius 3 is 1.40 bits per heavy atom. The molecule has 0 fully saturated rings. The summed E-state index contributed by atoms with van der Waals surface area (Å²) in [6, 6.07) is 8.45. The number of thioether (sulfide) groups is 2. The van der Waals surface area contributed by atoms with Crippen LogP contribution >= 0.6 is 23.5 Å². The summed E-state index contributed by atoms with van der Waals surface area (Å²) >= 11 is 3.77. The van der Waals surface area contributed by atoms with Crippen LogP contribution in [0.15, 0.2) is 24.3 Å². The number of amides is 2. The molecule has 16 nitrogen and oxygen atoms in total. The highest BCUT2D eigenvalue weighted by Gasteiger charge is 2.35. The number of Topliss-reactive ketones (excluding diaryl/α,β-unsaturated/α-hetero) is 6. The molecule has 2 amide bonds. The van der Waals surface area contributed by atoms with Crippen LogP contribution in [0.1, 0.15) is 269 Å². The summed E-state index contributed by atoms with van der Waals surface area (Å²) in [7, 11) is 3.81. The van der Waals surface area contributed by atoms with Crippen molar-refractivity contribution in [1.29, 1.82) is 0 Å². The van der Waals surface area contributed by atoms with Gasteiger partial charge in [-0.05, 0) is 66.7 Å². The quantitative estimate of drug-likeness (QED) is 0.0239. The van der Waals surface area contributed by atoms with E-state index in [1.54, 1.807) is 0 Å². The molecule has 0 aliphatic rings. The van der Waals surface area contributed by atoms with Gasteiger partial charge in [0.15, 0.2) is 17.3 Å². The fraction of sp³-hybridized carbons (Fsp3) is 0.823. The van der Waals surface area contributed by atoms with Crippen LogP contribution in [-0.4, -0.2) is 162 Å². The van der Waals surface area contributed by atoms with Crippen molar-refractivity contribution in [2.75, 3.05) is 58.4 Å². The van der Waals surface area contributed by atoms with Gasteiger partial charge in [0.1, 0.15) is 17.3 Å². The topological polar surface area (TPSA) is 232 Å². The molecule has 1 aromatic carbocycles. The molecular weight excluding hydrogens is 1260 g/mol. The highest BCUT2D eigenvalue weighted by Crippen LogP contribution is 2.28. The minimum atomic E-state index is -0.570. The number of benzene rings is 1. The first-order chi connectivity index (χ1) is 44.6. The van der Waals surface area contributed by atoms with E-state index >= 15 is 0 Å². The van der Waals surface area contributed by atoms with Crippen LogP contribution < -0.4 is 31.9 Å². The van der Waals surface area contributed by atoms with E-state index in [-0.39, 0.29) is 107 Å². The molecular formula is C79H155N7O9S2. The number of aliphatic hydroxyl groups is 1. The number of carbonyl (C=O) groups is 8. The number of nitrogens with zero attached hydrogens (tertiary/aromatic N) is 1. The number of hydrogen-bond donors (Lipinski definition) is 7. The van der Waals surface area contributed by atoms with Crippen molar-refractivity contribution in [3.05, 3.63) is 35.4 Å². The largest absolute Gasteiger partial charge is 0.394 e. The van der Waals surface area contributed by atoms with E-state index in [1.165, 1.54) is 5.56 Å². The van der Waals surface area contributed by atoms with Gasteiger partial charge in [-0.3, -0.25) is 38.4 Å². The first kappa shape index (κ1) is 105. The van der Waals surface area contributed by atoms with Crippen LogP contribution in [0, 0.1) is 58.7 Å². The molecule has 0 bridgehead atoms. The number of ketones is 6. The lowest BCUT2D eigenvalue weighted by molar-refractivity contribution is -0.135. The zero-order chi connectivity index (χ0) is 77.1. The zero-order valence-corrected chi connectivity index (χ0v) is 70.1. The summed E-state index contributed by atoms with van der Waals surface area (Å²) < 4.78 is 0. The molecule has 1 aromatic rings. The molecule has 1 rings (SSSR count).